The number of aryl methyl sites for hydroxylation is 6. The molecule has 1 heterocycles. The quantitative estimate of drug-likeness (QED) is 0.361. The van der Waals surface area contributed by atoms with Gasteiger partial charge in [-0.3, -0.25) is 0 Å². The average molecular weight is 354 g/mol. The molecule has 0 aliphatic rings. The van der Waals surface area contributed by atoms with Crippen LogP contribution in [0.25, 0.3) is 33.4 Å². The Morgan fingerprint density at radius 2 is 1.26 bits per heavy atom. The van der Waals surface area contributed by atoms with Crippen LogP contribution in [0.3, 0.4) is 0 Å². The first-order valence-corrected chi connectivity index (χ1v) is 9.55. The zero-order chi connectivity index (χ0) is 19.3. The Labute approximate surface area is 161 Å². The van der Waals surface area contributed by atoms with Gasteiger partial charge in [-0.1, -0.05) is 54.1 Å². The predicted molar refractivity (Wildman–Crippen MR) is 116 cm³/mol. The van der Waals surface area contributed by atoms with E-state index in [0.29, 0.717) is 0 Å². The van der Waals surface area contributed by atoms with E-state index in [2.05, 4.69) is 90.1 Å². The number of rotatable bonds is 2. The summed E-state index contributed by atoms with van der Waals surface area (Å²) >= 11 is 0. The molecule has 1 nitrogen and oxygen atoms in total. The van der Waals surface area contributed by atoms with E-state index in [1.54, 1.807) is 0 Å². The number of benzene rings is 3. The van der Waals surface area contributed by atoms with Gasteiger partial charge in [0.25, 0.3) is 0 Å². The fourth-order valence-corrected chi connectivity index (χ4v) is 4.36. The molecule has 0 aliphatic carbocycles. The summed E-state index contributed by atoms with van der Waals surface area (Å²) in [7, 11) is 0. The third-order valence-corrected chi connectivity index (χ3v) is 5.63. The Balaban J connectivity index is 2.21. The Kier molecular flexibility index (Phi) is 4.19. The summed E-state index contributed by atoms with van der Waals surface area (Å²) in [5, 5.41) is 1.24. The highest BCUT2D eigenvalue weighted by molar-refractivity contribution is 6.06. The molecule has 4 rings (SSSR count). The van der Waals surface area contributed by atoms with Crippen LogP contribution < -0.4 is 0 Å². The molecule has 0 fully saturated rings. The van der Waals surface area contributed by atoms with Gasteiger partial charge in [0.2, 0.25) is 0 Å². The van der Waals surface area contributed by atoms with Gasteiger partial charge < -0.3 is 4.42 Å². The van der Waals surface area contributed by atoms with Crippen LogP contribution in [0.1, 0.15) is 33.4 Å². The molecule has 136 valence electrons. The van der Waals surface area contributed by atoms with Gasteiger partial charge in [0.15, 0.2) is 0 Å². The van der Waals surface area contributed by atoms with E-state index in [0.717, 1.165) is 16.9 Å². The molecule has 3 aromatic carbocycles. The first-order valence-electron chi connectivity index (χ1n) is 9.55. The second-order valence-corrected chi connectivity index (χ2v) is 7.79. The Hall–Kier alpha value is -2.80. The minimum absolute atomic E-state index is 0.970. The number of furan rings is 1. The molecule has 0 atom stereocenters. The second kappa shape index (κ2) is 6.42. The Bertz CT molecular complexity index is 1140. The Morgan fingerprint density at radius 3 is 1.89 bits per heavy atom. The van der Waals surface area contributed by atoms with E-state index < -0.39 is 0 Å². The van der Waals surface area contributed by atoms with Crippen molar-refractivity contribution in [3.05, 3.63) is 81.9 Å². The van der Waals surface area contributed by atoms with E-state index in [4.69, 9.17) is 4.42 Å². The van der Waals surface area contributed by atoms with Gasteiger partial charge in [0.1, 0.15) is 11.3 Å². The molecule has 0 aliphatic heterocycles. The van der Waals surface area contributed by atoms with Gasteiger partial charge in [-0.15, -0.1) is 0 Å². The minimum atomic E-state index is 0.970. The smallest absolute Gasteiger partial charge is 0.143 e. The zero-order valence-electron chi connectivity index (χ0n) is 17.0. The molecule has 4 aromatic rings. The lowest BCUT2D eigenvalue weighted by Crippen LogP contribution is -1.93. The molecule has 0 amide bonds. The molecule has 1 aromatic heterocycles. The first kappa shape index (κ1) is 17.6. The summed E-state index contributed by atoms with van der Waals surface area (Å²) in [6.45, 7) is 13.1. The summed E-state index contributed by atoms with van der Waals surface area (Å²) in [5.41, 5.74) is 12.3. The van der Waals surface area contributed by atoms with E-state index in [-0.39, 0.29) is 0 Å². The molecular weight excluding hydrogens is 328 g/mol. The summed E-state index contributed by atoms with van der Waals surface area (Å²) in [5.74, 6) is 0.970. The molecule has 0 unspecified atom stereocenters. The largest absolute Gasteiger partial charge is 0.455 e. The van der Waals surface area contributed by atoms with Gasteiger partial charge in [0, 0.05) is 16.5 Å². The summed E-state index contributed by atoms with van der Waals surface area (Å²) in [4.78, 5) is 0. The van der Waals surface area contributed by atoms with E-state index in [9.17, 15) is 0 Å². The van der Waals surface area contributed by atoms with Gasteiger partial charge in [-0.25, -0.2) is 0 Å². The molecular formula is C26H26O. The van der Waals surface area contributed by atoms with Crippen LogP contribution in [-0.2, 0) is 0 Å². The van der Waals surface area contributed by atoms with Crippen molar-refractivity contribution >= 4 is 11.0 Å². The maximum absolute atomic E-state index is 6.57. The standard InChI is InChI=1S/C26H26O/c1-15-12-17(3)22(18(4)13-15)24-23-19(5)14-16(2)20(6)25(23)27-26(24)21-10-8-7-9-11-21/h7-14H,1-6H3. The molecule has 0 saturated heterocycles. The maximum atomic E-state index is 6.57. The van der Waals surface area contributed by atoms with Crippen LogP contribution >= 0.6 is 0 Å². The van der Waals surface area contributed by atoms with Crippen molar-refractivity contribution in [3.8, 4) is 22.5 Å². The molecule has 1 heteroatoms. The highest BCUT2D eigenvalue weighted by atomic mass is 16.3. The van der Waals surface area contributed by atoms with Crippen LogP contribution in [0.5, 0.6) is 0 Å². The van der Waals surface area contributed by atoms with E-state index in [1.165, 1.54) is 49.9 Å². The van der Waals surface area contributed by atoms with Crippen LogP contribution in [0.15, 0.2) is 52.9 Å². The molecule has 27 heavy (non-hydrogen) atoms. The third-order valence-electron chi connectivity index (χ3n) is 5.63. The minimum Gasteiger partial charge on any atom is -0.455 e. The van der Waals surface area contributed by atoms with Crippen LogP contribution in [0, 0.1) is 41.5 Å². The normalized spacial score (nSPS) is 11.3. The lowest BCUT2D eigenvalue weighted by Gasteiger charge is -2.13. The number of hydrogen-bond donors (Lipinski definition) is 0. The Morgan fingerprint density at radius 1 is 0.630 bits per heavy atom. The van der Waals surface area contributed by atoms with Gasteiger partial charge in [-0.05, 0) is 74.9 Å². The van der Waals surface area contributed by atoms with Crippen molar-refractivity contribution in [1.29, 1.82) is 0 Å². The van der Waals surface area contributed by atoms with Gasteiger partial charge >= 0.3 is 0 Å². The highest BCUT2D eigenvalue weighted by Gasteiger charge is 2.23. The van der Waals surface area contributed by atoms with Crippen LogP contribution in [-0.4, -0.2) is 0 Å². The average Bonchev–Trinajstić information content (AvgIpc) is 3.00. The van der Waals surface area contributed by atoms with E-state index in [1.807, 2.05) is 0 Å². The fraction of sp³-hybridized carbons (Fsp3) is 0.231. The number of fused-ring (bicyclic) bond motifs is 1. The van der Waals surface area contributed by atoms with Crippen molar-refractivity contribution < 1.29 is 4.42 Å². The topological polar surface area (TPSA) is 13.1 Å². The lowest BCUT2D eigenvalue weighted by atomic mass is 9.88. The molecule has 0 spiro atoms. The molecule has 0 bridgehead atoms. The van der Waals surface area contributed by atoms with Crippen molar-refractivity contribution in [3.63, 3.8) is 0 Å². The lowest BCUT2D eigenvalue weighted by molar-refractivity contribution is 0.629. The van der Waals surface area contributed by atoms with Crippen molar-refractivity contribution in [2.75, 3.05) is 0 Å². The van der Waals surface area contributed by atoms with E-state index >= 15 is 0 Å². The van der Waals surface area contributed by atoms with Gasteiger partial charge in [0.05, 0.1) is 0 Å². The first-order chi connectivity index (χ1) is 12.9. The number of hydrogen-bond acceptors (Lipinski definition) is 1. The SMILES string of the molecule is Cc1cc(C)c(-c2c(-c3ccccc3)oc3c(C)c(C)cc(C)c23)c(C)c1. The van der Waals surface area contributed by atoms with Crippen molar-refractivity contribution in [1.82, 2.24) is 0 Å². The summed E-state index contributed by atoms with van der Waals surface area (Å²) in [6.07, 6.45) is 0. The maximum Gasteiger partial charge on any atom is 0.143 e. The molecule has 0 radical (unpaired) electrons. The zero-order valence-corrected chi connectivity index (χ0v) is 17.0. The highest BCUT2D eigenvalue weighted by Crippen LogP contribution is 2.46. The summed E-state index contributed by atoms with van der Waals surface area (Å²) < 4.78 is 6.57. The summed E-state index contributed by atoms with van der Waals surface area (Å²) in [6, 6.07) is 17.3. The van der Waals surface area contributed by atoms with Gasteiger partial charge in [-0.2, -0.15) is 0 Å². The third kappa shape index (κ3) is 2.78. The fourth-order valence-electron chi connectivity index (χ4n) is 4.36. The predicted octanol–water partition coefficient (Wildman–Crippen LogP) is 7.62. The van der Waals surface area contributed by atoms with Crippen LogP contribution in [0.4, 0.5) is 0 Å². The monoisotopic (exact) mass is 354 g/mol. The van der Waals surface area contributed by atoms with Crippen LogP contribution in [0.2, 0.25) is 0 Å². The second-order valence-electron chi connectivity index (χ2n) is 7.79. The molecule has 0 N–H and O–H groups in total. The van der Waals surface area contributed by atoms with Crippen molar-refractivity contribution in [2.45, 2.75) is 41.5 Å². The molecule has 0 saturated carbocycles. The van der Waals surface area contributed by atoms with Crippen molar-refractivity contribution in [2.24, 2.45) is 0 Å².